The number of benzene rings is 1. The number of nitrogens with zero attached hydrogens (tertiary/aromatic N) is 1. The summed E-state index contributed by atoms with van der Waals surface area (Å²) in [6, 6.07) is 12.9. The van der Waals surface area contributed by atoms with Gasteiger partial charge in [-0.05, 0) is 59.1 Å². The maximum atomic E-state index is 4.51. The van der Waals surface area contributed by atoms with Gasteiger partial charge >= 0.3 is 0 Å². The molecule has 1 aromatic carbocycles. The Hall–Kier alpha value is -1.19. The standard InChI is InChI=1S/C16H19BrN2/c1-3-18-16(15-9-8-14(17)11-19-15)10-13-7-5-4-6-12(13)2/h4-9,11,16,18H,3,10H2,1-2H3. The third-order valence-corrected chi connectivity index (χ3v) is 3.71. The molecule has 0 saturated heterocycles. The van der Waals surface area contributed by atoms with Gasteiger partial charge < -0.3 is 5.32 Å². The summed E-state index contributed by atoms with van der Waals surface area (Å²) in [5.74, 6) is 0. The van der Waals surface area contributed by atoms with Crippen LogP contribution in [0, 0.1) is 6.92 Å². The van der Waals surface area contributed by atoms with Crippen molar-refractivity contribution in [2.45, 2.75) is 26.3 Å². The van der Waals surface area contributed by atoms with Crippen molar-refractivity contribution < 1.29 is 0 Å². The summed E-state index contributed by atoms with van der Waals surface area (Å²) in [4.78, 5) is 4.51. The summed E-state index contributed by atoms with van der Waals surface area (Å²) in [5, 5.41) is 3.52. The largest absolute Gasteiger partial charge is 0.309 e. The molecule has 1 atom stereocenters. The number of hydrogen-bond donors (Lipinski definition) is 1. The Bertz CT molecular complexity index is 523. The molecule has 2 nitrogen and oxygen atoms in total. The van der Waals surface area contributed by atoms with Crippen LogP contribution in [0.2, 0.25) is 0 Å². The molecule has 100 valence electrons. The maximum absolute atomic E-state index is 4.51. The van der Waals surface area contributed by atoms with Crippen molar-refractivity contribution in [3.05, 3.63) is 63.9 Å². The predicted molar refractivity (Wildman–Crippen MR) is 83.2 cm³/mol. The molecule has 2 rings (SSSR count). The van der Waals surface area contributed by atoms with Gasteiger partial charge in [-0.3, -0.25) is 4.98 Å². The van der Waals surface area contributed by atoms with Crippen LogP contribution >= 0.6 is 15.9 Å². The predicted octanol–water partition coefficient (Wildman–Crippen LogP) is 4.05. The molecule has 0 bridgehead atoms. The molecule has 1 unspecified atom stereocenters. The van der Waals surface area contributed by atoms with Gasteiger partial charge in [0.05, 0.1) is 11.7 Å². The minimum Gasteiger partial charge on any atom is -0.309 e. The third kappa shape index (κ3) is 3.88. The quantitative estimate of drug-likeness (QED) is 0.899. The Kier molecular flexibility index (Phi) is 5.11. The molecular weight excluding hydrogens is 300 g/mol. The Morgan fingerprint density at radius 2 is 2.00 bits per heavy atom. The summed E-state index contributed by atoms with van der Waals surface area (Å²) >= 11 is 3.43. The van der Waals surface area contributed by atoms with E-state index in [4.69, 9.17) is 0 Å². The Labute approximate surface area is 123 Å². The lowest BCUT2D eigenvalue weighted by atomic mass is 9.99. The summed E-state index contributed by atoms with van der Waals surface area (Å²) in [5.41, 5.74) is 3.80. The number of aryl methyl sites for hydroxylation is 1. The highest BCUT2D eigenvalue weighted by Gasteiger charge is 2.13. The van der Waals surface area contributed by atoms with Gasteiger partial charge in [0, 0.05) is 10.7 Å². The number of pyridine rings is 1. The van der Waals surface area contributed by atoms with E-state index in [1.807, 2.05) is 12.3 Å². The first-order valence-electron chi connectivity index (χ1n) is 6.60. The van der Waals surface area contributed by atoms with Gasteiger partial charge in [0.2, 0.25) is 0 Å². The molecule has 0 aliphatic heterocycles. The molecule has 0 saturated carbocycles. The van der Waals surface area contributed by atoms with Gasteiger partial charge in [0.25, 0.3) is 0 Å². The normalized spacial score (nSPS) is 12.4. The van der Waals surface area contributed by atoms with Crippen LogP contribution in [0.1, 0.15) is 29.8 Å². The van der Waals surface area contributed by atoms with E-state index in [2.05, 4.69) is 70.4 Å². The molecule has 1 N–H and O–H groups in total. The second kappa shape index (κ2) is 6.83. The molecule has 1 heterocycles. The summed E-state index contributed by atoms with van der Waals surface area (Å²) < 4.78 is 1.02. The molecule has 3 heteroatoms. The van der Waals surface area contributed by atoms with Crippen LogP contribution in [0.15, 0.2) is 47.1 Å². The molecule has 0 aliphatic rings. The highest BCUT2D eigenvalue weighted by atomic mass is 79.9. The van der Waals surface area contributed by atoms with Gasteiger partial charge in [-0.1, -0.05) is 31.2 Å². The first-order chi connectivity index (χ1) is 9.20. The second-order valence-electron chi connectivity index (χ2n) is 4.64. The average molecular weight is 319 g/mol. The maximum Gasteiger partial charge on any atom is 0.0577 e. The zero-order valence-electron chi connectivity index (χ0n) is 11.4. The van der Waals surface area contributed by atoms with Gasteiger partial charge in [0.1, 0.15) is 0 Å². The highest BCUT2D eigenvalue weighted by Crippen LogP contribution is 2.20. The first-order valence-corrected chi connectivity index (χ1v) is 7.39. The van der Waals surface area contributed by atoms with Crippen LogP contribution in [0.3, 0.4) is 0 Å². The van der Waals surface area contributed by atoms with Crippen molar-refractivity contribution in [2.24, 2.45) is 0 Å². The van der Waals surface area contributed by atoms with Crippen molar-refractivity contribution in [1.29, 1.82) is 0 Å². The second-order valence-corrected chi connectivity index (χ2v) is 5.56. The summed E-state index contributed by atoms with van der Waals surface area (Å²) in [6.07, 6.45) is 2.83. The van der Waals surface area contributed by atoms with Crippen molar-refractivity contribution >= 4 is 15.9 Å². The molecule has 0 spiro atoms. The van der Waals surface area contributed by atoms with E-state index < -0.39 is 0 Å². The van der Waals surface area contributed by atoms with Gasteiger partial charge in [0.15, 0.2) is 0 Å². The third-order valence-electron chi connectivity index (χ3n) is 3.24. The van der Waals surface area contributed by atoms with Gasteiger partial charge in [-0.2, -0.15) is 0 Å². The van der Waals surface area contributed by atoms with Crippen LogP contribution in [0.4, 0.5) is 0 Å². The zero-order chi connectivity index (χ0) is 13.7. The molecule has 0 radical (unpaired) electrons. The van der Waals surface area contributed by atoms with Crippen molar-refractivity contribution in [3.8, 4) is 0 Å². The molecule has 1 aromatic heterocycles. The van der Waals surface area contributed by atoms with Crippen LogP contribution in [-0.4, -0.2) is 11.5 Å². The molecular formula is C16H19BrN2. The van der Waals surface area contributed by atoms with E-state index >= 15 is 0 Å². The van der Waals surface area contributed by atoms with E-state index in [1.165, 1.54) is 11.1 Å². The van der Waals surface area contributed by atoms with E-state index in [0.717, 1.165) is 23.1 Å². The van der Waals surface area contributed by atoms with Crippen LogP contribution < -0.4 is 5.32 Å². The van der Waals surface area contributed by atoms with Crippen LogP contribution in [0.25, 0.3) is 0 Å². The van der Waals surface area contributed by atoms with Crippen molar-refractivity contribution in [2.75, 3.05) is 6.54 Å². The Morgan fingerprint density at radius 1 is 1.21 bits per heavy atom. The molecule has 0 fully saturated rings. The summed E-state index contributed by atoms with van der Waals surface area (Å²) in [7, 11) is 0. The summed E-state index contributed by atoms with van der Waals surface area (Å²) in [6.45, 7) is 5.23. The van der Waals surface area contributed by atoms with Gasteiger partial charge in [-0.25, -0.2) is 0 Å². The van der Waals surface area contributed by atoms with E-state index in [1.54, 1.807) is 0 Å². The molecule has 0 amide bonds. The fraction of sp³-hybridized carbons (Fsp3) is 0.312. The lowest BCUT2D eigenvalue weighted by Gasteiger charge is -2.18. The minimum absolute atomic E-state index is 0.263. The topological polar surface area (TPSA) is 24.9 Å². The molecule has 0 aliphatic carbocycles. The number of likely N-dealkylation sites (N-methyl/N-ethyl adjacent to an activating group) is 1. The lowest BCUT2D eigenvalue weighted by molar-refractivity contribution is 0.535. The van der Waals surface area contributed by atoms with E-state index in [0.29, 0.717) is 0 Å². The molecule has 2 aromatic rings. The van der Waals surface area contributed by atoms with Crippen LogP contribution in [-0.2, 0) is 6.42 Å². The highest BCUT2D eigenvalue weighted by molar-refractivity contribution is 9.10. The van der Waals surface area contributed by atoms with Crippen molar-refractivity contribution in [3.63, 3.8) is 0 Å². The lowest BCUT2D eigenvalue weighted by Crippen LogP contribution is -2.24. The van der Waals surface area contributed by atoms with E-state index in [-0.39, 0.29) is 6.04 Å². The fourth-order valence-corrected chi connectivity index (χ4v) is 2.41. The number of rotatable bonds is 5. The molecule has 19 heavy (non-hydrogen) atoms. The SMILES string of the molecule is CCNC(Cc1ccccc1C)c1ccc(Br)cn1. The van der Waals surface area contributed by atoms with Gasteiger partial charge in [-0.15, -0.1) is 0 Å². The number of hydrogen-bond acceptors (Lipinski definition) is 2. The monoisotopic (exact) mass is 318 g/mol. The smallest absolute Gasteiger partial charge is 0.0577 e. The van der Waals surface area contributed by atoms with E-state index in [9.17, 15) is 0 Å². The zero-order valence-corrected chi connectivity index (χ0v) is 12.9. The average Bonchev–Trinajstić information content (AvgIpc) is 2.42. The first kappa shape index (κ1) is 14.2. The number of nitrogens with one attached hydrogen (secondary N) is 1. The fourth-order valence-electron chi connectivity index (χ4n) is 2.18. The van der Waals surface area contributed by atoms with Crippen molar-refractivity contribution in [1.82, 2.24) is 10.3 Å². The number of aromatic nitrogens is 1. The number of halogens is 1. The Morgan fingerprint density at radius 3 is 2.63 bits per heavy atom. The minimum atomic E-state index is 0.263. The Balaban J connectivity index is 2.21. The van der Waals surface area contributed by atoms with Crippen LogP contribution in [0.5, 0.6) is 0 Å².